The standard InChI is InChI=1S/C8H12N2O2/c1-3-6-4-7(8(11)12-2)10(9)5-6/h4-5H,3,9H2,1-2H3. The van der Waals surface area contributed by atoms with Gasteiger partial charge in [0.1, 0.15) is 5.69 Å². The number of aryl methyl sites for hydroxylation is 1. The summed E-state index contributed by atoms with van der Waals surface area (Å²) < 4.78 is 5.82. The highest BCUT2D eigenvalue weighted by Gasteiger charge is 2.11. The highest BCUT2D eigenvalue weighted by Crippen LogP contribution is 2.07. The lowest BCUT2D eigenvalue weighted by molar-refractivity contribution is 0.0591. The number of rotatable bonds is 2. The molecule has 0 saturated heterocycles. The number of carbonyl (C=O) groups excluding carboxylic acids is 1. The van der Waals surface area contributed by atoms with E-state index in [0.29, 0.717) is 5.69 Å². The number of methoxy groups -OCH3 is 1. The number of nitrogens with two attached hydrogens (primary N) is 1. The molecule has 0 radical (unpaired) electrons. The van der Waals surface area contributed by atoms with Crippen molar-refractivity contribution in [1.82, 2.24) is 4.68 Å². The van der Waals surface area contributed by atoms with Crippen LogP contribution in [0.25, 0.3) is 0 Å². The lowest BCUT2D eigenvalue weighted by Gasteiger charge is -1.98. The Hall–Kier alpha value is -1.45. The number of aromatic nitrogens is 1. The lowest BCUT2D eigenvalue weighted by atomic mass is 10.2. The molecule has 0 bridgehead atoms. The van der Waals surface area contributed by atoms with Crippen LogP contribution in [0.5, 0.6) is 0 Å². The predicted molar refractivity (Wildman–Crippen MR) is 45.3 cm³/mol. The van der Waals surface area contributed by atoms with E-state index >= 15 is 0 Å². The summed E-state index contributed by atoms with van der Waals surface area (Å²) in [4.78, 5) is 11.0. The van der Waals surface area contributed by atoms with Crippen LogP contribution in [0.2, 0.25) is 0 Å². The highest BCUT2D eigenvalue weighted by molar-refractivity contribution is 5.87. The number of hydrogen-bond acceptors (Lipinski definition) is 3. The molecule has 0 fully saturated rings. The number of carbonyl (C=O) groups is 1. The average molecular weight is 168 g/mol. The fourth-order valence-corrected chi connectivity index (χ4v) is 0.998. The molecular formula is C8H12N2O2. The zero-order chi connectivity index (χ0) is 9.14. The van der Waals surface area contributed by atoms with Crippen LogP contribution in [0.15, 0.2) is 12.3 Å². The molecule has 4 nitrogen and oxygen atoms in total. The molecule has 0 unspecified atom stereocenters. The second kappa shape index (κ2) is 3.30. The van der Waals surface area contributed by atoms with E-state index in [9.17, 15) is 4.79 Å². The van der Waals surface area contributed by atoms with Gasteiger partial charge in [-0.1, -0.05) is 6.92 Å². The summed E-state index contributed by atoms with van der Waals surface area (Å²) in [5.74, 6) is 5.10. The van der Waals surface area contributed by atoms with Crippen molar-refractivity contribution < 1.29 is 9.53 Å². The van der Waals surface area contributed by atoms with Gasteiger partial charge >= 0.3 is 5.97 Å². The summed E-state index contributed by atoms with van der Waals surface area (Å²) in [5, 5.41) is 0. The van der Waals surface area contributed by atoms with Gasteiger partial charge in [-0.05, 0) is 18.1 Å². The Morgan fingerprint density at radius 3 is 2.83 bits per heavy atom. The molecule has 2 N–H and O–H groups in total. The average Bonchev–Trinajstić information content (AvgIpc) is 2.45. The van der Waals surface area contributed by atoms with Gasteiger partial charge in [-0.15, -0.1) is 0 Å². The van der Waals surface area contributed by atoms with Crippen molar-refractivity contribution in [2.24, 2.45) is 0 Å². The Kier molecular flexibility index (Phi) is 2.38. The zero-order valence-corrected chi connectivity index (χ0v) is 7.20. The maximum Gasteiger partial charge on any atom is 0.356 e. The van der Waals surface area contributed by atoms with Crippen molar-refractivity contribution in [2.45, 2.75) is 13.3 Å². The molecule has 1 rings (SSSR count). The van der Waals surface area contributed by atoms with E-state index < -0.39 is 5.97 Å². The van der Waals surface area contributed by atoms with Crippen molar-refractivity contribution in [3.8, 4) is 0 Å². The van der Waals surface area contributed by atoms with Gasteiger partial charge in [0, 0.05) is 6.20 Å². The van der Waals surface area contributed by atoms with E-state index in [1.807, 2.05) is 6.92 Å². The topological polar surface area (TPSA) is 57.2 Å². The van der Waals surface area contributed by atoms with E-state index in [1.165, 1.54) is 11.8 Å². The molecule has 4 heteroatoms. The van der Waals surface area contributed by atoms with Gasteiger partial charge in [-0.3, -0.25) is 4.68 Å². The van der Waals surface area contributed by atoms with Crippen molar-refractivity contribution in [3.63, 3.8) is 0 Å². The molecule has 1 aromatic rings. The molecule has 1 heterocycles. The number of nitrogen functional groups attached to an aromatic ring is 1. The number of ether oxygens (including phenoxy) is 1. The first-order chi connectivity index (χ1) is 5.69. The zero-order valence-electron chi connectivity index (χ0n) is 7.20. The van der Waals surface area contributed by atoms with E-state index in [-0.39, 0.29) is 0 Å². The van der Waals surface area contributed by atoms with Crippen molar-refractivity contribution in [3.05, 3.63) is 23.5 Å². The molecule has 1 aromatic heterocycles. The molecule has 66 valence electrons. The quantitative estimate of drug-likeness (QED) is 0.518. The maximum absolute atomic E-state index is 11.0. The third-order valence-corrected chi connectivity index (χ3v) is 1.71. The molecule has 0 aliphatic heterocycles. The van der Waals surface area contributed by atoms with Gasteiger partial charge in [0.15, 0.2) is 0 Å². The molecule has 0 aliphatic carbocycles. The summed E-state index contributed by atoms with van der Waals surface area (Å²) in [6.45, 7) is 2.00. The summed E-state index contributed by atoms with van der Waals surface area (Å²) in [5.41, 5.74) is 1.41. The van der Waals surface area contributed by atoms with Gasteiger partial charge in [-0.2, -0.15) is 0 Å². The van der Waals surface area contributed by atoms with Crippen LogP contribution < -0.4 is 5.84 Å². The van der Waals surface area contributed by atoms with Gasteiger partial charge < -0.3 is 10.6 Å². The minimum absolute atomic E-state index is 0.384. The predicted octanol–water partition coefficient (Wildman–Crippen LogP) is 0.551. The Morgan fingerprint density at radius 2 is 2.42 bits per heavy atom. The fraction of sp³-hybridized carbons (Fsp3) is 0.375. The first-order valence-corrected chi connectivity index (χ1v) is 3.73. The van der Waals surface area contributed by atoms with Crippen molar-refractivity contribution >= 4 is 5.97 Å². The highest BCUT2D eigenvalue weighted by atomic mass is 16.5. The Balaban J connectivity index is 2.99. The summed E-state index contributed by atoms with van der Waals surface area (Å²) >= 11 is 0. The van der Waals surface area contributed by atoms with E-state index in [0.717, 1.165) is 12.0 Å². The molecule has 12 heavy (non-hydrogen) atoms. The third kappa shape index (κ3) is 1.42. The van der Waals surface area contributed by atoms with Gasteiger partial charge in [0.05, 0.1) is 7.11 Å². The Bertz CT molecular complexity index is 291. The van der Waals surface area contributed by atoms with E-state index in [1.54, 1.807) is 12.3 Å². The Labute approximate surface area is 70.9 Å². The van der Waals surface area contributed by atoms with Crippen LogP contribution in [0.4, 0.5) is 0 Å². The van der Waals surface area contributed by atoms with Crippen LogP contribution in [0, 0.1) is 0 Å². The summed E-state index contributed by atoms with van der Waals surface area (Å²) in [7, 11) is 1.33. The Morgan fingerprint density at radius 1 is 1.75 bits per heavy atom. The smallest absolute Gasteiger partial charge is 0.356 e. The maximum atomic E-state index is 11.0. The van der Waals surface area contributed by atoms with Crippen LogP contribution >= 0.6 is 0 Å². The van der Waals surface area contributed by atoms with Gasteiger partial charge in [0.2, 0.25) is 0 Å². The van der Waals surface area contributed by atoms with Crippen LogP contribution in [0.1, 0.15) is 23.0 Å². The molecule has 0 saturated carbocycles. The molecular weight excluding hydrogens is 156 g/mol. The molecule has 0 atom stereocenters. The van der Waals surface area contributed by atoms with Crippen LogP contribution in [-0.4, -0.2) is 17.8 Å². The number of hydrogen-bond donors (Lipinski definition) is 1. The fourth-order valence-electron chi connectivity index (χ4n) is 0.998. The number of esters is 1. The van der Waals surface area contributed by atoms with Crippen LogP contribution in [-0.2, 0) is 11.2 Å². The summed E-state index contributed by atoms with van der Waals surface area (Å²) in [6, 6.07) is 1.73. The van der Waals surface area contributed by atoms with Gasteiger partial charge in [-0.25, -0.2) is 4.79 Å². The number of nitrogens with zero attached hydrogens (tertiary/aromatic N) is 1. The SMILES string of the molecule is CCc1cc(C(=O)OC)n(N)c1. The molecule has 0 aliphatic rings. The van der Waals surface area contributed by atoms with E-state index in [4.69, 9.17) is 5.84 Å². The summed E-state index contributed by atoms with van der Waals surface area (Å²) in [6.07, 6.45) is 2.57. The van der Waals surface area contributed by atoms with E-state index in [2.05, 4.69) is 4.74 Å². The van der Waals surface area contributed by atoms with Crippen molar-refractivity contribution in [1.29, 1.82) is 0 Å². The lowest BCUT2D eigenvalue weighted by Crippen LogP contribution is -2.15. The first kappa shape index (κ1) is 8.64. The monoisotopic (exact) mass is 168 g/mol. The van der Waals surface area contributed by atoms with Crippen molar-refractivity contribution in [2.75, 3.05) is 13.0 Å². The minimum Gasteiger partial charge on any atom is -0.464 e. The van der Waals surface area contributed by atoms with Gasteiger partial charge in [0.25, 0.3) is 0 Å². The second-order valence-corrected chi connectivity index (χ2v) is 2.49. The molecule has 0 spiro atoms. The first-order valence-electron chi connectivity index (χ1n) is 3.73. The largest absolute Gasteiger partial charge is 0.464 e. The second-order valence-electron chi connectivity index (χ2n) is 2.49. The van der Waals surface area contributed by atoms with Crippen LogP contribution in [0.3, 0.4) is 0 Å². The molecule has 0 amide bonds. The third-order valence-electron chi connectivity index (χ3n) is 1.71. The normalized spacial score (nSPS) is 9.83. The molecule has 0 aromatic carbocycles. The minimum atomic E-state index is -0.405.